The van der Waals surface area contributed by atoms with Gasteiger partial charge in [-0.25, -0.2) is 0 Å². The van der Waals surface area contributed by atoms with E-state index < -0.39 is 5.41 Å². The van der Waals surface area contributed by atoms with Gasteiger partial charge in [-0.15, -0.1) is 0 Å². The van der Waals surface area contributed by atoms with Crippen molar-refractivity contribution in [2.24, 2.45) is 0 Å². The van der Waals surface area contributed by atoms with Crippen LogP contribution in [0.2, 0.25) is 0 Å². The Morgan fingerprint density at radius 3 is 1.62 bits per heavy atom. The minimum atomic E-state index is -0.574. The maximum Gasteiger partial charge on any atom is 0.159 e. The first kappa shape index (κ1) is 35.0. The number of rotatable bonds is 7. The fraction of sp³-hybridized carbons (Fsp3) is 0.0169. The summed E-state index contributed by atoms with van der Waals surface area (Å²) in [6.07, 6.45) is 0. The fourth-order valence-electron chi connectivity index (χ4n) is 10.2. The molecule has 10 aromatic carbocycles. The van der Waals surface area contributed by atoms with E-state index in [0.29, 0.717) is 0 Å². The topological polar surface area (TPSA) is 16.4 Å². The highest BCUT2D eigenvalue weighted by Gasteiger charge is 2.48. The third-order valence-corrected chi connectivity index (χ3v) is 12.7. The van der Waals surface area contributed by atoms with Crippen LogP contribution in [0.3, 0.4) is 0 Å². The van der Waals surface area contributed by atoms with Crippen LogP contribution in [0, 0.1) is 0 Å². The lowest BCUT2D eigenvalue weighted by Crippen LogP contribution is -2.28. The first-order valence-electron chi connectivity index (χ1n) is 21.0. The highest BCUT2D eigenvalue weighted by molar-refractivity contribution is 6.15. The lowest BCUT2D eigenvalue weighted by molar-refractivity contribution is 0.669. The summed E-state index contributed by atoms with van der Waals surface area (Å²) < 4.78 is 6.90. The van der Waals surface area contributed by atoms with Gasteiger partial charge >= 0.3 is 0 Å². The van der Waals surface area contributed by atoms with E-state index in [1.807, 2.05) is 0 Å². The zero-order chi connectivity index (χ0) is 40.3. The van der Waals surface area contributed by atoms with Crippen molar-refractivity contribution >= 4 is 49.8 Å². The van der Waals surface area contributed by atoms with Gasteiger partial charge in [0.05, 0.1) is 16.8 Å². The molecule has 1 aromatic heterocycles. The van der Waals surface area contributed by atoms with Crippen molar-refractivity contribution < 1.29 is 4.42 Å². The van der Waals surface area contributed by atoms with Gasteiger partial charge in [-0.2, -0.15) is 0 Å². The molecule has 0 saturated heterocycles. The van der Waals surface area contributed by atoms with Crippen LogP contribution < -0.4 is 4.90 Å². The number of hydrogen-bond acceptors (Lipinski definition) is 2. The van der Waals surface area contributed by atoms with Crippen molar-refractivity contribution in [3.05, 3.63) is 259 Å². The minimum Gasteiger partial charge on any atom is -0.454 e. The van der Waals surface area contributed by atoms with Gasteiger partial charge in [0.15, 0.2) is 5.58 Å². The summed E-state index contributed by atoms with van der Waals surface area (Å²) >= 11 is 0. The smallest absolute Gasteiger partial charge is 0.159 e. The number of benzene rings is 10. The fourth-order valence-corrected chi connectivity index (χ4v) is 10.2. The summed E-state index contributed by atoms with van der Waals surface area (Å²) in [5.41, 5.74) is 16.5. The Bertz CT molecular complexity index is 3360. The number of hydrogen-bond donors (Lipinski definition) is 0. The molecule has 0 N–H and O–H groups in total. The molecule has 0 radical (unpaired) electrons. The molecule has 0 aliphatic heterocycles. The van der Waals surface area contributed by atoms with E-state index in [2.05, 4.69) is 241 Å². The molecule has 2 heteroatoms. The van der Waals surface area contributed by atoms with Gasteiger partial charge in [-0.1, -0.05) is 206 Å². The molecule has 1 aliphatic carbocycles. The Balaban J connectivity index is 1.19. The minimum absolute atomic E-state index is 0.574. The first-order valence-corrected chi connectivity index (χ1v) is 21.0. The zero-order valence-electron chi connectivity index (χ0n) is 33.4. The summed E-state index contributed by atoms with van der Waals surface area (Å²) in [7, 11) is 0. The number of fused-ring (bicyclic) bond motifs is 7. The Hall–Kier alpha value is -7.94. The van der Waals surface area contributed by atoms with Crippen molar-refractivity contribution in [3.63, 3.8) is 0 Å². The highest BCUT2D eigenvalue weighted by atomic mass is 16.3. The molecule has 0 unspecified atom stereocenters. The molecule has 0 spiro atoms. The van der Waals surface area contributed by atoms with Crippen LogP contribution in [0.4, 0.5) is 17.1 Å². The van der Waals surface area contributed by atoms with Crippen LogP contribution in [0.25, 0.3) is 66.1 Å². The number of anilines is 3. The largest absolute Gasteiger partial charge is 0.454 e. The molecule has 286 valence electrons. The second-order valence-electron chi connectivity index (χ2n) is 15.9. The van der Waals surface area contributed by atoms with Gasteiger partial charge in [0.25, 0.3) is 0 Å². The van der Waals surface area contributed by atoms with Crippen LogP contribution >= 0.6 is 0 Å². The number of furan rings is 1. The molecule has 0 amide bonds. The molecular formula is C59H39NO. The average molecular weight is 778 g/mol. The quantitative estimate of drug-likeness (QED) is 0.160. The predicted octanol–water partition coefficient (Wildman–Crippen LogP) is 15.9. The molecule has 0 atom stereocenters. The van der Waals surface area contributed by atoms with E-state index in [4.69, 9.17) is 4.42 Å². The average Bonchev–Trinajstić information content (AvgIpc) is 3.87. The Labute approximate surface area is 355 Å². The summed E-state index contributed by atoms with van der Waals surface area (Å²) in [5.74, 6) is 0. The third kappa shape index (κ3) is 5.36. The van der Waals surface area contributed by atoms with Crippen LogP contribution in [-0.2, 0) is 5.41 Å². The number of para-hydroxylation sites is 2. The van der Waals surface area contributed by atoms with Gasteiger partial charge < -0.3 is 9.32 Å². The van der Waals surface area contributed by atoms with Crippen molar-refractivity contribution in [3.8, 4) is 33.4 Å². The Morgan fingerprint density at radius 2 is 0.918 bits per heavy atom. The third-order valence-electron chi connectivity index (χ3n) is 12.7. The van der Waals surface area contributed by atoms with Gasteiger partial charge in [-0.05, 0) is 85.8 Å². The van der Waals surface area contributed by atoms with Crippen molar-refractivity contribution in [1.29, 1.82) is 0 Å². The van der Waals surface area contributed by atoms with E-state index in [0.717, 1.165) is 44.6 Å². The lowest BCUT2D eigenvalue weighted by Gasteiger charge is -2.35. The molecule has 12 rings (SSSR count). The molecular weight excluding hydrogens is 739 g/mol. The van der Waals surface area contributed by atoms with E-state index in [-0.39, 0.29) is 0 Å². The van der Waals surface area contributed by atoms with Crippen molar-refractivity contribution in [2.45, 2.75) is 5.41 Å². The van der Waals surface area contributed by atoms with E-state index in [1.54, 1.807) is 0 Å². The Kier molecular flexibility index (Phi) is 8.11. The first-order chi connectivity index (χ1) is 30.3. The monoisotopic (exact) mass is 777 g/mol. The molecule has 2 nitrogen and oxygen atoms in total. The molecule has 61 heavy (non-hydrogen) atoms. The normalized spacial score (nSPS) is 12.7. The van der Waals surface area contributed by atoms with E-state index >= 15 is 0 Å². The number of nitrogens with zero attached hydrogens (tertiary/aromatic N) is 1. The van der Waals surface area contributed by atoms with Crippen molar-refractivity contribution in [2.75, 3.05) is 4.90 Å². The zero-order valence-corrected chi connectivity index (χ0v) is 33.4. The van der Waals surface area contributed by atoms with Gasteiger partial charge in [-0.3, -0.25) is 0 Å². The van der Waals surface area contributed by atoms with Crippen LogP contribution in [-0.4, -0.2) is 0 Å². The second-order valence-corrected chi connectivity index (χ2v) is 15.9. The predicted molar refractivity (Wildman–Crippen MR) is 254 cm³/mol. The summed E-state index contributed by atoms with van der Waals surface area (Å²) in [4.78, 5) is 2.47. The van der Waals surface area contributed by atoms with Crippen molar-refractivity contribution in [1.82, 2.24) is 0 Å². The maximum absolute atomic E-state index is 6.90. The van der Waals surface area contributed by atoms with Gasteiger partial charge in [0, 0.05) is 27.4 Å². The molecule has 0 bridgehead atoms. The van der Waals surface area contributed by atoms with Crippen LogP contribution in [0.5, 0.6) is 0 Å². The SMILES string of the molecule is c1ccc(-c2ccccc2-c2ccc(N(c3c4c(cc5ccccc35)C(c3ccccc3)(c3ccccc3)c3ccccc3-4)c3cccc4c3oc3ccccc34)cc2)cc1. The van der Waals surface area contributed by atoms with Gasteiger partial charge in [0.1, 0.15) is 5.58 Å². The van der Waals surface area contributed by atoms with Gasteiger partial charge in [0.2, 0.25) is 0 Å². The van der Waals surface area contributed by atoms with Crippen LogP contribution in [0.1, 0.15) is 22.3 Å². The molecule has 0 saturated carbocycles. The molecule has 0 fully saturated rings. The standard InChI is InChI=1S/C59H39NO/c1-4-19-40(20-5-1)46-26-12-13-27-47(46)41-35-37-45(38-36-41)60(54-33-18-31-50-49-29-15-17-34-55(49)61-58(50)54)57-48-28-11-10-21-42(48)39-53-56(57)51-30-14-16-32-52(51)59(53,43-22-6-2-7-23-43)44-24-8-3-9-25-44/h1-39H. The second kappa shape index (κ2) is 14.1. The maximum atomic E-state index is 6.90. The Morgan fingerprint density at radius 1 is 0.377 bits per heavy atom. The van der Waals surface area contributed by atoms with E-state index in [9.17, 15) is 0 Å². The lowest BCUT2D eigenvalue weighted by atomic mass is 9.67. The highest BCUT2D eigenvalue weighted by Crippen LogP contribution is 2.61. The summed E-state index contributed by atoms with van der Waals surface area (Å²) in [6.45, 7) is 0. The molecule has 11 aromatic rings. The summed E-state index contributed by atoms with van der Waals surface area (Å²) in [6, 6.07) is 86.0. The summed E-state index contributed by atoms with van der Waals surface area (Å²) in [5, 5.41) is 4.54. The molecule has 1 heterocycles. The van der Waals surface area contributed by atoms with Crippen LogP contribution in [0.15, 0.2) is 241 Å². The molecule has 1 aliphatic rings. The van der Waals surface area contributed by atoms with E-state index in [1.165, 1.54) is 60.8 Å².